The van der Waals surface area contributed by atoms with Crippen molar-refractivity contribution in [2.24, 2.45) is 0 Å². The van der Waals surface area contributed by atoms with Crippen LogP contribution in [-0.2, 0) is 6.42 Å². The second kappa shape index (κ2) is 10.2. The van der Waals surface area contributed by atoms with Gasteiger partial charge in [0.1, 0.15) is 5.82 Å². The first-order valence-corrected chi connectivity index (χ1v) is 12.0. The smallest absolute Gasteiger partial charge is 0.258 e. The van der Waals surface area contributed by atoms with Gasteiger partial charge >= 0.3 is 0 Å². The minimum absolute atomic E-state index is 0.226. The quantitative estimate of drug-likeness (QED) is 0.317. The highest BCUT2D eigenvalue weighted by molar-refractivity contribution is 7.80. The lowest BCUT2D eigenvalue weighted by molar-refractivity contribution is 0.396. The summed E-state index contributed by atoms with van der Waals surface area (Å²) < 4.78 is 19.1. The van der Waals surface area contributed by atoms with Crippen LogP contribution in [0.5, 0.6) is 0 Å². The van der Waals surface area contributed by atoms with Gasteiger partial charge in [-0.1, -0.05) is 65.8 Å². The van der Waals surface area contributed by atoms with Crippen LogP contribution in [0.1, 0.15) is 36.4 Å². The summed E-state index contributed by atoms with van der Waals surface area (Å²) in [4.78, 5) is 6.79. The average Bonchev–Trinajstić information content (AvgIpc) is 3.37. The molecular weight excluding hydrogens is 459 g/mol. The summed E-state index contributed by atoms with van der Waals surface area (Å²) >= 11 is 5.79. The molecule has 1 N–H and O–H groups in total. The molecule has 1 unspecified atom stereocenters. The van der Waals surface area contributed by atoms with E-state index in [-0.39, 0.29) is 11.9 Å². The molecule has 4 aromatic rings. The molecule has 0 amide bonds. The van der Waals surface area contributed by atoms with Gasteiger partial charge in [-0.25, -0.2) is 4.39 Å². The molecule has 7 heteroatoms. The predicted octanol–water partition coefficient (Wildman–Crippen LogP) is 6.17. The van der Waals surface area contributed by atoms with Gasteiger partial charge in [-0.2, -0.15) is 4.98 Å². The minimum Gasteiger partial charge on any atom is -0.351 e. The van der Waals surface area contributed by atoms with E-state index in [1.165, 1.54) is 17.7 Å². The lowest BCUT2D eigenvalue weighted by Gasteiger charge is -2.37. The lowest BCUT2D eigenvalue weighted by atomic mass is 9.94. The Labute approximate surface area is 209 Å². The Balaban J connectivity index is 1.48. The van der Waals surface area contributed by atoms with Crippen LogP contribution >= 0.6 is 12.2 Å². The fourth-order valence-electron chi connectivity index (χ4n) is 4.36. The first-order chi connectivity index (χ1) is 17.1. The van der Waals surface area contributed by atoms with E-state index in [0.717, 1.165) is 36.2 Å². The van der Waals surface area contributed by atoms with Crippen molar-refractivity contribution >= 4 is 22.9 Å². The molecule has 2 heterocycles. The third-order valence-electron chi connectivity index (χ3n) is 6.18. The number of aromatic nitrogens is 2. The molecule has 0 radical (unpaired) electrons. The molecule has 1 aromatic heterocycles. The molecule has 0 fully saturated rings. The van der Waals surface area contributed by atoms with Crippen LogP contribution in [0.4, 0.5) is 4.39 Å². The van der Waals surface area contributed by atoms with E-state index in [9.17, 15) is 4.39 Å². The van der Waals surface area contributed by atoms with Crippen molar-refractivity contribution in [2.45, 2.75) is 25.8 Å². The molecular formula is C28H25FN4OS. The number of halogens is 1. The van der Waals surface area contributed by atoms with Gasteiger partial charge in [0.15, 0.2) is 5.11 Å². The number of aryl methyl sites for hydroxylation is 1. The van der Waals surface area contributed by atoms with Gasteiger partial charge in [-0.05, 0) is 67.4 Å². The topological polar surface area (TPSA) is 54.2 Å². The molecule has 1 aliphatic rings. The first kappa shape index (κ1) is 22.9. The fraction of sp³-hybridized carbons (Fsp3) is 0.179. The summed E-state index contributed by atoms with van der Waals surface area (Å²) in [6.07, 6.45) is 1.90. The Morgan fingerprint density at radius 1 is 0.971 bits per heavy atom. The van der Waals surface area contributed by atoms with Gasteiger partial charge in [0.2, 0.25) is 5.82 Å². The number of rotatable bonds is 7. The largest absolute Gasteiger partial charge is 0.351 e. The average molecular weight is 485 g/mol. The molecule has 3 aromatic carbocycles. The molecule has 176 valence electrons. The molecule has 1 aliphatic heterocycles. The summed E-state index contributed by atoms with van der Waals surface area (Å²) in [5.41, 5.74) is 4.90. The summed E-state index contributed by atoms with van der Waals surface area (Å²) in [7, 11) is 0. The van der Waals surface area contributed by atoms with Gasteiger partial charge in [-0.15, -0.1) is 0 Å². The first-order valence-electron chi connectivity index (χ1n) is 11.6. The van der Waals surface area contributed by atoms with Crippen LogP contribution in [0.25, 0.3) is 17.0 Å². The van der Waals surface area contributed by atoms with E-state index in [2.05, 4.69) is 56.8 Å². The van der Waals surface area contributed by atoms with Crippen molar-refractivity contribution in [3.63, 3.8) is 0 Å². The van der Waals surface area contributed by atoms with Gasteiger partial charge in [0.05, 0.1) is 11.6 Å². The minimum atomic E-state index is -0.309. The Kier molecular flexibility index (Phi) is 6.68. The zero-order valence-electron chi connectivity index (χ0n) is 19.3. The highest BCUT2D eigenvalue weighted by Crippen LogP contribution is 2.37. The van der Waals surface area contributed by atoms with Gasteiger partial charge < -0.3 is 14.7 Å². The van der Waals surface area contributed by atoms with Crippen LogP contribution in [0.3, 0.4) is 0 Å². The monoisotopic (exact) mass is 484 g/mol. The Morgan fingerprint density at radius 2 is 1.66 bits per heavy atom. The van der Waals surface area contributed by atoms with Gasteiger partial charge in [-0.3, -0.25) is 0 Å². The number of nitrogens with one attached hydrogen (secondary N) is 1. The number of hydrogen-bond donors (Lipinski definition) is 1. The van der Waals surface area contributed by atoms with Crippen molar-refractivity contribution < 1.29 is 8.91 Å². The Hall–Kier alpha value is -3.84. The number of hydrogen-bond acceptors (Lipinski definition) is 4. The van der Waals surface area contributed by atoms with E-state index >= 15 is 0 Å². The fourth-order valence-corrected chi connectivity index (χ4v) is 4.70. The van der Waals surface area contributed by atoms with E-state index in [1.807, 2.05) is 31.2 Å². The Bertz CT molecular complexity index is 1340. The molecule has 0 aliphatic carbocycles. The van der Waals surface area contributed by atoms with E-state index in [4.69, 9.17) is 16.7 Å². The molecule has 5 nitrogen and oxygen atoms in total. The van der Waals surface area contributed by atoms with Crippen LogP contribution < -0.4 is 5.32 Å². The van der Waals surface area contributed by atoms with E-state index < -0.39 is 0 Å². The van der Waals surface area contributed by atoms with Crippen molar-refractivity contribution in [2.75, 3.05) is 6.54 Å². The molecule has 5 rings (SSSR count). The summed E-state index contributed by atoms with van der Waals surface area (Å²) in [5.74, 6) is 0.519. The normalized spacial score (nSPS) is 15.9. The summed E-state index contributed by atoms with van der Waals surface area (Å²) in [6, 6.07) is 26.3. The predicted molar refractivity (Wildman–Crippen MR) is 139 cm³/mol. The molecule has 0 spiro atoms. The maximum Gasteiger partial charge on any atom is 0.258 e. The maximum absolute atomic E-state index is 13.4. The summed E-state index contributed by atoms with van der Waals surface area (Å²) in [6.45, 7) is 2.80. The second-order valence-electron chi connectivity index (χ2n) is 8.46. The zero-order valence-corrected chi connectivity index (χ0v) is 20.1. The van der Waals surface area contributed by atoms with Crippen molar-refractivity contribution in [3.8, 4) is 11.4 Å². The van der Waals surface area contributed by atoms with Crippen molar-refractivity contribution in [1.29, 1.82) is 0 Å². The summed E-state index contributed by atoms with van der Waals surface area (Å²) in [5, 5.41) is 8.34. The van der Waals surface area contributed by atoms with Crippen LogP contribution in [0.2, 0.25) is 0 Å². The number of allylic oxidation sites excluding steroid dienone is 1. The standard InChI is InChI=1S/C28H25FN4OS/c1-19-24(27-31-26(32-34-27)22-14-16-23(29)17-15-22)25(21-12-6-3-7-13-21)30-28(35)33(19)18-8-11-20-9-4-2-5-10-20/h2-7,9-10,12-17,25H,8,11,18H2,1H3,(H,30,35). The maximum atomic E-state index is 13.4. The third-order valence-corrected chi connectivity index (χ3v) is 6.52. The van der Waals surface area contributed by atoms with Crippen molar-refractivity contribution in [3.05, 3.63) is 113 Å². The molecule has 0 saturated carbocycles. The van der Waals surface area contributed by atoms with E-state index in [1.54, 1.807) is 12.1 Å². The van der Waals surface area contributed by atoms with Crippen LogP contribution in [-0.4, -0.2) is 26.7 Å². The lowest BCUT2D eigenvalue weighted by Crippen LogP contribution is -2.46. The highest BCUT2D eigenvalue weighted by Gasteiger charge is 2.33. The number of benzene rings is 3. The molecule has 0 saturated heterocycles. The van der Waals surface area contributed by atoms with E-state index in [0.29, 0.717) is 22.4 Å². The Morgan fingerprint density at radius 3 is 2.37 bits per heavy atom. The second-order valence-corrected chi connectivity index (χ2v) is 8.85. The van der Waals surface area contributed by atoms with Gasteiger partial charge in [0, 0.05) is 17.8 Å². The van der Waals surface area contributed by atoms with Crippen LogP contribution in [0, 0.1) is 5.82 Å². The highest BCUT2D eigenvalue weighted by atomic mass is 32.1. The number of thiocarbonyl (C=S) groups is 1. The SMILES string of the molecule is CC1=C(c2nc(-c3ccc(F)cc3)no2)C(c2ccccc2)NC(=S)N1CCCc1ccccc1. The zero-order chi connectivity index (χ0) is 24.2. The van der Waals surface area contributed by atoms with Gasteiger partial charge in [0.25, 0.3) is 5.89 Å². The molecule has 0 bridgehead atoms. The third kappa shape index (κ3) is 5.00. The molecule has 35 heavy (non-hydrogen) atoms. The number of nitrogens with zero attached hydrogens (tertiary/aromatic N) is 3. The molecule has 1 atom stereocenters. The van der Waals surface area contributed by atoms with Crippen LogP contribution in [0.15, 0.2) is 95.1 Å². The van der Waals surface area contributed by atoms with Crippen molar-refractivity contribution in [1.82, 2.24) is 20.4 Å².